The van der Waals surface area contributed by atoms with Crippen molar-refractivity contribution in [3.05, 3.63) is 53.9 Å². The van der Waals surface area contributed by atoms with Gasteiger partial charge in [0.15, 0.2) is 5.96 Å². The fourth-order valence-corrected chi connectivity index (χ4v) is 2.96. The average molecular weight is 506 g/mol. The Morgan fingerprint density at radius 2 is 1.89 bits per heavy atom. The lowest BCUT2D eigenvalue weighted by atomic mass is 10.1. The van der Waals surface area contributed by atoms with E-state index >= 15 is 0 Å². The molecule has 0 amide bonds. The van der Waals surface area contributed by atoms with Gasteiger partial charge in [-0.1, -0.05) is 24.3 Å². The van der Waals surface area contributed by atoms with E-state index in [0.29, 0.717) is 32.1 Å². The molecule has 3 N–H and O–H groups in total. The summed E-state index contributed by atoms with van der Waals surface area (Å²) in [6.07, 6.45) is 3.70. The minimum atomic E-state index is -3.17. The van der Waals surface area contributed by atoms with Gasteiger partial charge in [-0.3, -0.25) is 9.67 Å². The van der Waals surface area contributed by atoms with E-state index in [0.717, 1.165) is 5.56 Å². The molecule has 0 radical (unpaired) electrons. The zero-order valence-corrected chi connectivity index (χ0v) is 18.7. The van der Waals surface area contributed by atoms with Crippen LogP contribution in [0.3, 0.4) is 0 Å². The van der Waals surface area contributed by atoms with Crippen molar-refractivity contribution in [1.29, 1.82) is 0 Å². The molecular weight excluding hydrogens is 479 g/mol. The van der Waals surface area contributed by atoms with Crippen LogP contribution in [0.2, 0.25) is 0 Å². The molecule has 0 aliphatic carbocycles. The minimum absolute atomic E-state index is 0. The molecule has 27 heavy (non-hydrogen) atoms. The maximum atomic E-state index is 11.4. The van der Waals surface area contributed by atoms with Gasteiger partial charge in [-0.15, -0.1) is 24.0 Å². The van der Waals surface area contributed by atoms with E-state index in [1.54, 1.807) is 20.2 Å². The molecular formula is C17H27IN6O2S. The standard InChI is InChI=1S/C17H26N6O2S.HI/c1-3-26(24,25)22-11-10-19-17(18-2)20-13-15-7-4-5-8-16(15)14-23-12-6-9-21-23;/h4-9,12,22H,3,10-11,13-14H2,1-2H3,(H2,18,19,20);1H. The lowest BCUT2D eigenvalue weighted by Gasteiger charge is -2.14. The Hall–Kier alpha value is -1.66. The van der Waals surface area contributed by atoms with Gasteiger partial charge in [-0.05, 0) is 24.1 Å². The number of hydrogen-bond donors (Lipinski definition) is 3. The Balaban J connectivity index is 0.00000364. The Morgan fingerprint density at radius 3 is 2.52 bits per heavy atom. The molecule has 0 saturated carbocycles. The van der Waals surface area contributed by atoms with Crippen molar-refractivity contribution in [2.24, 2.45) is 4.99 Å². The topological polar surface area (TPSA) is 100 Å². The van der Waals surface area contributed by atoms with Crippen molar-refractivity contribution in [2.75, 3.05) is 25.9 Å². The lowest BCUT2D eigenvalue weighted by molar-refractivity contribution is 0.582. The van der Waals surface area contributed by atoms with E-state index in [9.17, 15) is 8.42 Å². The zero-order valence-electron chi connectivity index (χ0n) is 15.6. The van der Waals surface area contributed by atoms with Crippen molar-refractivity contribution in [3.8, 4) is 0 Å². The lowest BCUT2D eigenvalue weighted by Crippen LogP contribution is -2.41. The van der Waals surface area contributed by atoms with Crippen LogP contribution < -0.4 is 15.4 Å². The van der Waals surface area contributed by atoms with Gasteiger partial charge in [-0.2, -0.15) is 5.10 Å². The second kappa shape index (κ2) is 11.9. The number of nitrogens with zero attached hydrogens (tertiary/aromatic N) is 3. The van der Waals surface area contributed by atoms with Gasteiger partial charge >= 0.3 is 0 Å². The van der Waals surface area contributed by atoms with Gasteiger partial charge in [0, 0.05) is 39.1 Å². The summed E-state index contributed by atoms with van der Waals surface area (Å²) in [6.45, 7) is 3.69. The largest absolute Gasteiger partial charge is 0.355 e. The molecule has 0 spiro atoms. The Morgan fingerprint density at radius 1 is 1.15 bits per heavy atom. The van der Waals surface area contributed by atoms with Crippen molar-refractivity contribution < 1.29 is 8.42 Å². The number of aliphatic imine (C=N–C) groups is 1. The van der Waals surface area contributed by atoms with Crippen LogP contribution in [0.4, 0.5) is 0 Å². The number of sulfonamides is 1. The van der Waals surface area contributed by atoms with Crippen LogP contribution in [0.5, 0.6) is 0 Å². The molecule has 1 aromatic heterocycles. The highest BCUT2D eigenvalue weighted by Crippen LogP contribution is 2.10. The van der Waals surface area contributed by atoms with Crippen LogP contribution in [-0.4, -0.2) is 50.0 Å². The second-order valence-electron chi connectivity index (χ2n) is 5.62. The summed E-state index contributed by atoms with van der Waals surface area (Å²) < 4.78 is 27.2. The van der Waals surface area contributed by atoms with Gasteiger partial charge in [-0.25, -0.2) is 13.1 Å². The summed E-state index contributed by atoms with van der Waals surface area (Å²) >= 11 is 0. The van der Waals surface area contributed by atoms with Gasteiger partial charge in [0.25, 0.3) is 0 Å². The number of benzene rings is 1. The van der Waals surface area contributed by atoms with Gasteiger partial charge in [0.05, 0.1) is 12.3 Å². The Bertz CT molecular complexity index is 809. The maximum absolute atomic E-state index is 11.4. The normalized spacial score (nSPS) is 11.7. The summed E-state index contributed by atoms with van der Waals surface area (Å²) in [7, 11) is -1.49. The molecule has 2 rings (SSSR count). The fraction of sp³-hybridized carbons (Fsp3) is 0.412. The molecule has 0 unspecified atom stereocenters. The number of nitrogens with one attached hydrogen (secondary N) is 3. The Kier molecular flexibility index (Phi) is 10.3. The molecule has 0 bridgehead atoms. The molecule has 1 heterocycles. The van der Waals surface area contributed by atoms with Crippen LogP contribution in [0.1, 0.15) is 18.1 Å². The van der Waals surface area contributed by atoms with Crippen LogP contribution in [0, 0.1) is 0 Å². The quantitative estimate of drug-likeness (QED) is 0.205. The zero-order chi connectivity index (χ0) is 18.8. The van der Waals surface area contributed by atoms with E-state index in [4.69, 9.17) is 0 Å². The third-order valence-corrected chi connectivity index (χ3v) is 5.20. The minimum Gasteiger partial charge on any atom is -0.355 e. The third kappa shape index (κ3) is 8.26. The summed E-state index contributed by atoms with van der Waals surface area (Å²) in [5.74, 6) is 0.696. The first kappa shape index (κ1) is 23.4. The second-order valence-corrected chi connectivity index (χ2v) is 7.72. The summed E-state index contributed by atoms with van der Waals surface area (Å²) in [5, 5.41) is 10.6. The van der Waals surface area contributed by atoms with E-state index in [1.165, 1.54) is 5.56 Å². The molecule has 10 heteroatoms. The highest BCUT2D eigenvalue weighted by Gasteiger charge is 2.06. The smallest absolute Gasteiger partial charge is 0.211 e. The van der Waals surface area contributed by atoms with Crippen LogP contribution in [-0.2, 0) is 23.1 Å². The van der Waals surface area contributed by atoms with Crippen molar-refractivity contribution >= 4 is 40.0 Å². The number of halogens is 1. The number of hydrogen-bond acceptors (Lipinski definition) is 4. The highest BCUT2D eigenvalue weighted by atomic mass is 127. The maximum Gasteiger partial charge on any atom is 0.211 e. The number of rotatable bonds is 9. The summed E-state index contributed by atoms with van der Waals surface area (Å²) in [6, 6.07) is 10.1. The van der Waals surface area contributed by atoms with Crippen molar-refractivity contribution in [2.45, 2.75) is 20.0 Å². The average Bonchev–Trinajstić information content (AvgIpc) is 3.15. The molecule has 0 fully saturated rings. The third-order valence-electron chi connectivity index (χ3n) is 3.80. The Labute approximate surface area is 177 Å². The predicted octanol–water partition coefficient (Wildman–Crippen LogP) is 1.15. The monoisotopic (exact) mass is 506 g/mol. The van der Waals surface area contributed by atoms with Crippen molar-refractivity contribution in [3.63, 3.8) is 0 Å². The molecule has 8 nitrogen and oxygen atoms in total. The first-order valence-electron chi connectivity index (χ1n) is 8.50. The number of aromatic nitrogens is 2. The van der Waals surface area contributed by atoms with Gasteiger partial charge < -0.3 is 10.6 Å². The molecule has 150 valence electrons. The molecule has 0 aliphatic heterocycles. The SMILES string of the molecule is CCS(=O)(=O)NCCNC(=NC)NCc1ccccc1Cn1cccn1.I. The molecule has 0 saturated heterocycles. The van der Waals surface area contributed by atoms with Crippen LogP contribution in [0.25, 0.3) is 0 Å². The first-order valence-corrected chi connectivity index (χ1v) is 10.2. The van der Waals surface area contributed by atoms with E-state index in [-0.39, 0.29) is 29.7 Å². The summed E-state index contributed by atoms with van der Waals surface area (Å²) in [5.41, 5.74) is 2.33. The fourth-order valence-electron chi connectivity index (χ4n) is 2.34. The molecule has 2 aromatic rings. The number of guanidine groups is 1. The predicted molar refractivity (Wildman–Crippen MR) is 119 cm³/mol. The van der Waals surface area contributed by atoms with Gasteiger partial charge in [0.2, 0.25) is 10.0 Å². The van der Waals surface area contributed by atoms with E-state index in [2.05, 4.69) is 37.6 Å². The van der Waals surface area contributed by atoms with Crippen LogP contribution in [0.15, 0.2) is 47.7 Å². The van der Waals surface area contributed by atoms with Gasteiger partial charge in [0.1, 0.15) is 0 Å². The molecule has 1 aromatic carbocycles. The highest BCUT2D eigenvalue weighted by molar-refractivity contribution is 14.0. The van der Waals surface area contributed by atoms with Crippen molar-refractivity contribution in [1.82, 2.24) is 25.1 Å². The molecule has 0 aliphatic rings. The molecule has 0 atom stereocenters. The van der Waals surface area contributed by atoms with Crippen LogP contribution >= 0.6 is 24.0 Å². The summed E-state index contributed by atoms with van der Waals surface area (Å²) in [4.78, 5) is 4.16. The van der Waals surface area contributed by atoms with E-state index in [1.807, 2.05) is 29.1 Å². The van der Waals surface area contributed by atoms with E-state index < -0.39 is 10.0 Å². The first-order chi connectivity index (χ1) is 12.5.